The van der Waals surface area contributed by atoms with Crippen molar-refractivity contribution in [1.82, 2.24) is 5.32 Å². The van der Waals surface area contributed by atoms with Crippen LogP contribution in [0.2, 0.25) is 0 Å². The highest BCUT2D eigenvalue weighted by atomic mass is 32.2. The van der Waals surface area contributed by atoms with Gasteiger partial charge in [0.1, 0.15) is 0 Å². The van der Waals surface area contributed by atoms with Crippen LogP contribution in [0.1, 0.15) is 0 Å². The summed E-state index contributed by atoms with van der Waals surface area (Å²) in [7, 11) is 0. The smallest absolute Gasteiger partial charge is 0.0591 e. The first-order valence-electron chi connectivity index (χ1n) is 4.44. The number of morpholine rings is 1. The largest absolute Gasteiger partial charge is 0.380 e. The van der Waals surface area contributed by atoms with E-state index in [1.165, 1.54) is 11.5 Å². The maximum Gasteiger partial charge on any atom is 0.0591 e. The monoisotopic (exact) mass is 191 g/mol. The highest BCUT2D eigenvalue weighted by molar-refractivity contribution is 7.99. The van der Waals surface area contributed by atoms with Crippen molar-refractivity contribution in [3.8, 4) is 0 Å². The lowest BCUT2D eigenvalue weighted by Gasteiger charge is -2.10. The molecular weight excluding hydrogens is 174 g/mol. The number of thioether (sulfide) groups is 1. The highest BCUT2D eigenvalue weighted by Crippen LogP contribution is 2.03. The third kappa shape index (κ3) is 5.83. The quantitative estimate of drug-likeness (QED) is 0.599. The number of ether oxygens (including phenoxy) is 2. The minimum absolute atomic E-state index is 0.889. The van der Waals surface area contributed by atoms with E-state index in [9.17, 15) is 0 Å². The second-order valence-electron chi connectivity index (χ2n) is 2.59. The Morgan fingerprint density at radius 3 is 1.58 bits per heavy atom. The number of hydrogen-bond donors (Lipinski definition) is 1. The molecule has 0 aromatic heterocycles. The zero-order valence-corrected chi connectivity index (χ0v) is 8.20. The first-order valence-corrected chi connectivity index (χ1v) is 5.59. The summed E-state index contributed by atoms with van der Waals surface area (Å²) in [4.78, 5) is 0. The predicted molar refractivity (Wildman–Crippen MR) is 51.8 cm³/mol. The van der Waals surface area contributed by atoms with Crippen LogP contribution in [0.4, 0.5) is 0 Å². The zero-order chi connectivity index (χ0) is 8.49. The molecular formula is C8H17NO2S. The van der Waals surface area contributed by atoms with E-state index in [-0.39, 0.29) is 0 Å². The molecule has 0 spiro atoms. The molecule has 12 heavy (non-hydrogen) atoms. The molecule has 2 rings (SSSR count). The molecule has 0 atom stereocenters. The molecule has 2 aliphatic rings. The fourth-order valence-corrected chi connectivity index (χ4v) is 1.63. The van der Waals surface area contributed by atoms with Crippen molar-refractivity contribution < 1.29 is 9.47 Å². The lowest BCUT2D eigenvalue weighted by molar-refractivity contribution is 0.109. The van der Waals surface area contributed by atoms with E-state index in [0.29, 0.717) is 0 Å². The molecule has 3 nitrogen and oxygen atoms in total. The van der Waals surface area contributed by atoms with Crippen molar-refractivity contribution >= 4 is 11.8 Å². The first kappa shape index (κ1) is 10.3. The van der Waals surface area contributed by atoms with Crippen LogP contribution in [-0.4, -0.2) is 51.0 Å². The standard InChI is InChI=1S/C4H9NO.C4H8OS/c2*1-3-6-4-2-5-1/h5H,1-4H2;1-4H2. The molecule has 2 fully saturated rings. The Morgan fingerprint density at radius 2 is 1.42 bits per heavy atom. The van der Waals surface area contributed by atoms with Gasteiger partial charge in [0.05, 0.1) is 26.4 Å². The minimum atomic E-state index is 0.889. The predicted octanol–water partition coefficient (Wildman–Crippen LogP) is 0.356. The van der Waals surface area contributed by atoms with Gasteiger partial charge in [-0.2, -0.15) is 11.8 Å². The summed E-state index contributed by atoms with van der Waals surface area (Å²) in [6.45, 7) is 5.76. The van der Waals surface area contributed by atoms with E-state index in [1.54, 1.807) is 0 Å². The Morgan fingerprint density at radius 1 is 0.833 bits per heavy atom. The average molecular weight is 191 g/mol. The van der Waals surface area contributed by atoms with Gasteiger partial charge in [-0.25, -0.2) is 0 Å². The molecule has 0 unspecified atom stereocenters. The van der Waals surface area contributed by atoms with Crippen molar-refractivity contribution in [1.29, 1.82) is 0 Å². The number of rotatable bonds is 0. The van der Waals surface area contributed by atoms with Gasteiger partial charge in [-0.15, -0.1) is 0 Å². The lowest BCUT2D eigenvalue weighted by Crippen LogP contribution is -2.30. The summed E-state index contributed by atoms with van der Waals surface area (Å²) < 4.78 is 10.1. The zero-order valence-electron chi connectivity index (χ0n) is 7.38. The molecule has 0 radical (unpaired) electrons. The van der Waals surface area contributed by atoms with Crippen LogP contribution in [0.25, 0.3) is 0 Å². The van der Waals surface area contributed by atoms with Gasteiger partial charge in [-0.3, -0.25) is 0 Å². The van der Waals surface area contributed by atoms with Crippen molar-refractivity contribution in [3.63, 3.8) is 0 Å². The Bertz CT molecular complexity index is 60.0. The molecule has 2 aliphatic heterocycles. The highest BCUT2D eigenvalue weighted by Gasteiger charge is 1.95. The van der Waals surface area contributed by atoms with Crippen LogP contribution in [0.15, 0.2) is 0 Å². The SMILES string of the molecule is C1COCCN1.C1CSCCO1. The van der Waals surface area contributed by atoms with E-state index in [2.05, 4.69) is 5.32 Å². The van der Waals surface area contributed by atoms with Crippen LogP contribution in [-0.2, 0) is 9.47 Å². The Hall–Kier alpha value is 0.230. The van der Waals surface area contributed by atoms with Crippen molar-refractivity contribution in [2.45, 2.75) is 0 Å². The molecule has 2 saturated heterocycles. The van der Waals surface area contributed by atoms with Crippen LogP contribution >= 0.6 is 11.8 Å². The normalized spacial score (nSPS) is 24.0. The fraction of sp³-hybridized carbons (Fsp3) is 1.00. The summed E-state index contributed by atoms with van der Waals surface area (Å²) in [5.41, 5.74) is 0. The summed E-state index contributed by atoms with van der Waals surface area (Å²) in [6, 6.07) is 0. The molecule has 0 aliphatic carbocycles. The van der Waals surface area contributed by atoms with E-state index >= 15 is 0 Å². The van der Waals surface area contributed by atoms with Gasteiger partial charge < -0.3 is 14.8 Å². The van der Waals surface area contributed by atoms with E-state index in [4.69, 9.17) is 9.47 Å². The van der Waals surface area contributed by atoms with E-state index in [1.807, 2.05) is 11.8 Å². The van der Waals surface area contributed by atoms with Gasteiger partial charge in [0.2, 0.25) is 0 Å². The van der Waals surface area contributed by atoms with Gasteiger partial charge >= 0.3 is 0 Å². The second-order valence-corrected chi connectivity index (χ2v) is 3.81. The molecule has 72 valence electrons. The van der Waals surface area contributed by atoms with Gasteiger partial charge in [0.25, 0.3) is 0 Å². The third-order valence-corrected chi connectivity index (χ3v) is 2.50. The minimum Gasteiger partial charge on any atom is -0.380 e. The first-order chi connectivity index (χ1) is 6.00. The third-order valence-electron chi connectivity index (χ3n) is 1.59. The summed E-state index contributed by atoms with van der Waals surface area (Å²) in [5.74, 6) is 2.39. The molecule has 0 aromatic rings. The average Bonchev–Trinajstić information content (AvgIpc) is 2.24. The van der Waals surface area contributed by atoms with Crippen molar-refractivity contribution in [3.05, 3.63) is 0 Å². The second kappa shape index (κ2) is 7.86. The van der Waals surface area contributed by atoms with Crippen molar-refractivity contribution in [2.75, 3.05) is 51.0 Å². The van der Waals surface area contributed by atoms with Gasteiger partial charge in [0, 0.05) is 24.6 Å². The molecule has 1 N–H and O–H groups in total. The molecule has 0 aromatic carbocycles. The Kier molecular flexibility index (Phi) is 6.75. The van der Waals surface area contributed by atoms with Gasteiger partial charge in [-0.1, -0.05) is 0 Å². The maximum atomic E-state index is 5.05. The summed E-state index contributed by atoms with van der Waals surface area (Å²) in [6.07, 6.45) is 0. The van der Waals surface area contributed by atoms with E-state index < -0.39 is 0 Å². The lowest BCUT2D eigenvalue weighted by atomic mass is 10.5. The van der Waals surface area contributed by atoms with Gasteiger partial charge in [0.15, 0.2) is 0 Å². The Balaban J connectivity index is 0.000000120. The molecule has 0 saturated carbocycles. The maximum absolute atomic E-state index is 5.05. The van der Waals surface area contributed by atoms with Crippen LogP contribution < -0.4 is 5.32 Å². The van der Waals surface area contributed by atoms with Crippen molar-refractivity contribution in [2.24, 2.45) is 0 Å². The molecule has 4 heteroatoms. The number of nitrogens with one attached hydrogen (secondary N) is 1. The molecule has 0 amide bonds. The summed E-state index contributed by atoms with van der Waals surface area (Å²) in [5, 5.41) is 3.16. The molecule has 2 heterocycles. The molecule has 0 bridgehead atoms. The summed E-state index contributed by atoms with van der Waals surface area (Å²) >= 11 is 1.97. The van der Waals surface area contributed by atoms with Gasteiger partial charge in [-0.05, 0) is 0 Å². The van der Waals surface area contributed by atoms with Crippen LogP contribution in [0.3, 0.4) is 0 Å². The van der Waals surface area contributed by atoms with Crippen LogP contribution in [0.5, 0.6) is 0 Å². The fourth-order valence-electron chi connectivity index (χ4n) is 0.956. The van der Waals surface area contributed by atoms with E-state index in [0.717, 1.165) is 39.5 Å². The number of hydrogen-bond acceptors (Lipinski definition) is 4. The Labute approximate surface area is 78.2 Å². The van der Waals surface area contributed by atoms with Crippen LogP contribution in [0, 0.1) is 0 Å². The topological polar surface area (TPSA) is 30.5 Å².